The van der Waals surface area contributed by atoms with Crippen LogP contribution < -0.4 is 15.0 Å². The van der Waals surface area contributed by atoms with Crippen LogP contribution in [-0.2, 0) is 6.54 Å². The molecular weight excluding hydrogens is 420 g/mol. The van der Waals surface area contributed by atoms with E-state index in [1.54, 1.807) is 4.68 Å². The Balaban J connectivity index is 1.43. The van der Waals surface area contributed by atoms with Crippen molar-refractivity contribution in [3.8, 4) is 11.5 Å². The number of tetrazole rings is 1. The van der Waals surface area contributed by atoms with Gasteiger partial charge in [0, 0.05) is 5.56 Å². The Bertz CT molecular complexity index is 1390. The van der Waals surface area contributed by atoms with Gasteiger partial charge in [-0.15, -0.1) is 5.10 Å². The summed E-state index contributed by atoms with van der Waals surface area (Å²) in [7, 11) is 0. The number of benzene rings is 2. The summed E-state index contributed by atoms with van der Waals surface area (Å²) in [6, 6.07) is 13.5. The number of para-hydroxylation sites is 1. The van der Waals surface area contributed by atoms with Gasteiger partial charge in [0.1, 0.15) is 6.04 Å². The highest BCUT2D eigenvalue weighted by Crippen LogP contribution is 2.34. The largest absolute Gasteiger partial charge is 0.454 e. The molecule has 0 unspecified atom stereocenters. The maximum absolute atomic E-state index is 13.3. The molecule has 0 aliphatic carbocycles. The van der Waals surface area contributed by atoms with Gasteiger partial charge in [0.05, 0.1) is 12.1 Å². The number of ether oxygens (including phenoxy) is 2. The lowest BCUT2D eigenvalue weighted by Gasteiger charge is -2.26. The van der Waals surface area contributed by atoms with E-state index < -0.39 is 0 Å². The van der Waals surface area contributed by atoms with Gasteiger partial charge in [-0.1, -0.05) is 24.3 Å². The lowest BCUT2D eigenvalue weighted by molar-refractivity contribution is 0.174. The molecule has 0 radical (unpaired) electrons. The number of fused-ring (bicyclic) bond motifs is 2. The average Bonchev–Trinajstić information content (AvgIpc) is 3.58. The Morgan fingerprint density at radius 3 is 2.82 bits per heavy atom. The number of aryl methyl sites for hydroxylation is 1. The van der Waals surface area contributed by atoms with Gasteiger partial charge in [-0.2, -0.15) is 0 Å². The SMILES string of the molecule is Cc1cccc2cc([C@H](c3nnnn3Cc3ccc4c(c3)OCO4)N3CCCC3)c(=O)[nH]c12. The van der Waals surface area contributed by atoms with Crippen LogP contribution in [0.1, 0.15) is 41.4 Å². The molecule has 9 nitrogen and oxygen atoms in total. The molecule has 2 aromatic carbocycles. The summed E-state index contributed by atoms with van der Waals surface area (Å²) in [5, 5.41) is 13.7. The van der Waals surface area contributed by atoms with Gasteiger partial charge in [0.15, 0.2) is 17.3 Å². The summed E-state index contributed by atoms with van der Waals surface area (Å²) >= 11 is 0. The normalized spacial score (nSPS) is 16.5. The lowest BCUT2D eigenvalue weighted by atomic mass is 10.0. The highest BCUT2D eigenvalue weighted by molar-refractivity contribution is 5.82. The number of H-pyrrole nitrogens is 1. The zero-order valence-electron chi connectivity index (χ0n) is 18.3. The van der Waals surface area contributed by atoms with Crippen LogP contribution in [0.3, 0.4) is 0 Å². The second kappa shape index (κ2) is 8.00. The van der Waals surface area contributed by atoms with E-state index in [1.165, 1.54) is 0 Å². The summed E-state index contributed by atoms with van der Waals surface area (Å²) in [5.74, 6) is 2.12. The van der Waals surface area contributed by atoms with Crippen LogP contribution in [-0.4, -0.2) is 50.0 Å². The number of rotatable bonds is 5. The van der Waals surface area contributed by atoms with E-state index >= 15 is 0 Å². The van der Waals surface area contributed by atoms with Crippen molar-refractivity contribution in [3.63, 3.8) is 0 Å². The first-order valence-electron chi connectivity index (χ1n) is 11.2. The third-order valence-corrected chi connectivity index (χ3v) is 6.49. The quantitative estimate of drug-likeness (QED) is 0.505. The van der Waals surface area contributed by atoms with Crippen molar-refractivity contribution >= 4 is 10.9 Å². The van der Waals surface area contributed by atoms with Crippen molar-refractivity contribution in [2.75, 3.05) is 19.9 Å². The van der Waals surface area contributed by atoms with Gasteiger partial charge >= 0.3 is 0 Å². The van der Waals surface area contributed by atoms with Crippen LogP contribution >= 0.6 is 0 Å². The van der Waals surface area contributed by atoms with Crippen LogP contribution in [0.15, 0.2) is 47.3 Å². The third-order valence-electron chi connectivity index (χ3n) is 6.49. The second-order valence-electron chi connectivity index (χ2n) is 8.62. The minimum absolute atomic E-state index is 0.105. The van der Waals surface area contributed by atoms with Gasteiger partial charge < -0.3 is 14.5 Å². The number of pyridine rings is 1. The van der Waals surface area contributed by atoms with Gasteiger partial charge in [0.25, 0.3) is 5.56 Å². The fraction of sp³-hybridized carbons (Fsp3) is 0.333. The maximum atomic E-state index is 13.3. The topological polar surface area (TPSA) is 98.2 Å². The molecule has 1 saturated heterocycles. The molecule has 4 heterocycles. The van der Waals surface area contributed by atoms with Crippen LogP contribution in [0.4, 0.5) is 0 Å². The molecule has 168 valence electrons. The zero-order valence-corrected chi connectivity index (χ0v) is 18.3. The third kappa shape index (κ3) is 3.54. The zero-order chi connectivity index (χ0) is 22.4. The van der Waals surface area contributed by atoms with E-state index in [-0.39, 0.29) is 18.4 Å². The summed E-state index contributed by atoms with van der Waals surface area (Å²) in [6.07, 6.45) is 2.18. The molecule has 2 aromatic heterocycles. The number of likely N-dealkylation sites (tertiary alicyclic amines) is 1. The van der Waals surface area contributed by atoms with Gasteiger partial charge in [-0.05, 0) is 78.0 Å². The molecule has 6 rings (SSSR count). The summed E-state index contributed by atoms with van der Waals surface area (Å²) in [6.45, 7) is 4.49. The van der Waals surface area contributed by atoms with E-state index in [1.807, 2.05) is 49.4 Å². The molecule has 0 spiro atoms. The molecule has 0 saturated carbocycles. The number of hydrogen-bond acceptors (Lipinski definition) is 7. The highest BCUT2D eigenvalue weighted by Gasteiger charge is 2.32. The molecule has 2 aliphatic heterocycles. The van der Waals surface area contributed by atoms with Crippen molar-refractivity contribution in [1.29, 1.82) is 0 Å². The van der Waals surface area contributed by atoms with Crippen molar-refractivity contribution in [1.82, 2.24) is 30.1 Å². The first-order valence-corrected chi connectivity index (χ1v) is 11.2. The molecule has 1 N–H and O–H groups in total. The Kier molecular flexibility index (Phi) is 4.83. The number of aromatic amines is 1. The highest BCUT2D eigenvalue weighted by atomic mass is 16.7. The molecule has 1 atom stereocenters. The Morgan fingerprint density at radius 1 is 1.09 bits per heavy atom. The van der Waals surface area contributed by atoms with Crippen molar-refractivity contribution < 1.29 is 9.47 Å². The molecule has 0 bridgehead atoms. The van der Waals surface area contributed by atoms with Gasteiger partial charge in [-0.3, -0.25) is 9.69 Å². The fourth-order valence-corrected chi connectivity index (χ4v) is 4.83. The van der Waals surface area contributed by atoms with Crippen LogP contribution in [0, 0.1) is 6.92 Å². The smallest absolute Gasteiger partial charge is 0.253 e. The Labute approximate surface area is 189 Å². The maximum Gasteiger partial charge on any atom is 0.253 e. The van der Waals surface area contributed by atoms with E-state index in [0.717, 1.165) is 59.5 Å². The standard InChI is InChI=1S/C24H24N6O3/c1-15-5-4-6-17-12-18(24(31)25-21(15)17)22(29-9-2-3-10-29)23-26-27-28-30(23)13-16-7-8-19-20(11-16)33-14-32-19/h4-8,11-12,22H,2-3,9-10,13-14H2,1H3,(H,25,31)/t22-/m1/s1. The summed E-state index contributed by atoms with van der Waals surface area (Å²) < 4.78 is 12.7. The van der Waals surface area contributed by atoms with Crippen molar-refractivity contribution in [2.24, 2.45) is 0 Å². The van der Waals surface area contributed by atoms with E-state index in [4.69, 9.17) is 9.47 Å². The lowest BCUT2D eigenvalue weighted by Crippen LogP contribution is -2.33. The molecule has 2 aliphatic rings. The Hall–Kier alpha value is -3.72. The number of hydrogen-bond donors (Lipinski definition) is 1. The van der Waals surface area contributed by atoms with Crippen molar-refractivity contribution in [3.05, 3.63) is 75.3 Å². The molecule has 0 amide bonds. The van der Waals surface area contributed by atoms with Crippen LogP contribution in [0.5, 0.6) is 11.5 Å². The minimum Gasteiger partial charge on any atom is -0.454 e. The monoisotopic (exact) mass is 444 g/mol. The summed E-state index contributed by atoms with van der Waals surface area (Å²) in [4.78, 5) is 18.7. The van der Waals surface area contributed by atoms with E-state index in [2.05, 4.69) is 25.4 Å². The molecule has 9 heteroatoms. The number of aromatic nitrogens is 5. The molecule has 4 aromatic rings. The second-order valence-corrected chi connectivity index (χ2v) is 8.62. The van der Waals surface area contributed by atoms with Crippen LogP contribution in [0.25, 0.3) is 10.9 Å². The van der Waals surface area contributed by atoms with Crippen LogP contribution in [0.2, 0.25) is 0 Å². The predicted molar refractivity (Wildman–Crippen MR) is 121 cm³/mol. The fourth-order valence-electron chi connectivity index (χ4n) is 4.83. The first kappa shape index (κ1) is 19.9. The number of nitrogens with zero attached hydrogens (tertiary/aromatic N) is 5. The van der Waals surface area contributed by atoms with E-state index in [0.29, 0.717) is 17.9 Å². The molecule has 33 heavy (non-hydrogen) atoms. The predicted octanol–water partition coefficient (Wildman–Crippen LogP) is 2.79. The van der Waals surface area contributed by atoms with Crippen molar-refractivity contribution in [2.45, 2.75) is 32.4 Å². The Morgan fingerprint density at radius 2 is 1.94 bits per heavy atom. The summed E-state index contributed by atoms with van der Waals surface area (Å²) in [5.41, 5.74) is 3.46. The molecular formula is C24H24N6O3. The van der Waals surface area contributed by atoms with E-state index in [9.17, 15) is 4.79 Å². The number of nitrogens with one attached hydrogen (secondary N) is 1. The average molecular weight is 444 g/mol. The van der Waals surface area contributed by atoms with Gasteiger partial charge in [-0.25, -0.2) is 4.68 Å². The minimum atomic E-state index is -0.329. The molecule has 1 fully saturated rings. The first-order chi connectivity index (χ1) is 16.2. The van der Waals surface area contributed by atoms with Gasteiger partial charge in [0.2, 0.25) is 6.79 Å².